The Labute approximate surface area is 124 Å². The van der Waals surface area contributed by atoms with E-state index in [9.17, 15) is 5.11 Å². The minimum absolute atomic E-state index is 0.337. The van der Waals surface area contributed by atoms with Crippen LogP contribution >= 0.6 is 0 Å². The minimum Gasteiger partial charge on any atom is -0.507 e. The fourth-order valence-corrected chi connectivity index (χ4v) is 2.30. The minimum atomic E-state index is 0.337. The Hall–Kier alpha value is -2.79. The average molecular weight is 273 g/mol. The lowest BCUT2D eigenvalue weighted by Gasteiger charge is -2.03. The lowest BCUT2D eigenvalue weighted by Crippen LogP contribution is -1.86. The third kappa shape index (κ3) is 2.73. The van der Waals surface area contributed by atoms with Gasteiger partial charge in [-0.2, -0.15) is 0 Å². The van der Waals surface area contributed by atoms with Crippen molar-refractivity contribution in [2.45, 2.75) is 13.8 Å². The van der Waals surface area contributed by atoms with Crippen molar-refractivity contribution in [1.29, 1.82) is 0 Å². The topological polar surface area (TPSA) is 33.1 Å². The third-order valence-electron chi connectivity index (χ3n) is 3.42. The van der Waals surface area contributed by atoms with Crippen molar-refractivity contribution in [3.05, 3.63) is 70.9 Å². The first-order chi connectivity index (χ1) is 10.1. The molecule has 0 radical (unpaired) electrons. The molecule has 3 aromatic rings. The summed E-state index contributed by atoms with van der Waals surface area (Å²) in [7, 11) is 0. The van der Waals surface area contributed by atoms with E-state index in [1.54, 1.807) is 0 Å². The molecule has 0 saturated carbocycles. The molecule has 0 saturated heterocycles. The highest BCUT2D eigenvalue weighted by Gasteiger charge is 2.01. The maximum absolute atomic E-state index is 9.77. The van der Waals surface area contributed by atoms with Gasteiger partial charge in [-0.05, 0) is 55.2 Å². The Bertz CT molecular complexity index is 862. The van der Waals surface area contributed by atoms with Crippen LogP contribution in [-0.4, -0.2) is 10.1 Å². The summed E-state index contributed by atoms with van der Waals surface area (Å²) in [5.41, 5.74) is 4.26. The van der Waals surface area contributed by atoms with E-state index in [1.165, 1.54) is 0 Å². The van der Waals surface area contributed by atoms with Crippen LogP contribution in [0.5, 0.6) is 5.75 Å². The third-order valence-corrected chi connectivity index (χ3v) is 3.42. The number of aromatic nitrogens is 1. The first kappa shape index (κ1) is 13.2. The van der Waals surface area contributed by atoms with Crippen LogP contribution < -0.4 is 0 Å². The van der Waals surface area contributed by atoms with Crippen LogP contribution in [0.15, 0.2) is 48.5 Å². The summed E-state index contributed by atoms with van der Waals surface area (Å²) < 4.78 is 0. The Balaban J connectivity index is 1.99. The first-order valence-corrected chi connectivity index (χ1v) is 6.81. The molecule has 1 N–H and O–H groups in total. The second kappa shape index (κ2) is 5.30. The zero-order valence-corrected chi connectivity index (χ0v) is 12.0. The SMILES string of the molecule is Cc1cc(C#Cc2ccc3ccccc3n2)cc(C)c1O. The molecule has 1 heterocycles. The molecule has 1 aromatic heterocycles. The largest absolute Gasteiger partial charge is 0.507 e. The molecule has 3 rings (SSSR count). The summed E-state index contributed by atoms with van der Waals surface area (Å²) >= 11 is 0. The second-order valence-electron chi connectivity index (χ2n) is 5.10. The number of para-hydroxylation sites is 1. The maximum atomic E-state index is 9.77. The zero-order valence-electron chi connectivity index (χ0n) is 12.0. The number of phenols is 1. The van der Waals surface area contributed by atoms with Crippen LogP contribution in [0.1, 0.15) is 22.4 Å². The molecule has 0 amide bonds. The van der Waals surface area contributed by atoms with Crippen molar-refractivity contribution < 1.29 is 5.11 Å². The smallest absolute Gasteiger partial charge is 0.121 e. The summed E-state index contributed by atoms with van der Waals surface area (Å²) in [5.74, 6) is 6.53. The molecule has 0 bridgehead atoms. The summed E-state index contributed by atoms with van der Waals surface area (Å²) in [6.45, 7) is 3.75. The van der Waals surface area contributed by atoms with Gasteiger partial charge in [-0.3, -0.25) is 0 Å². The quantitative estimate of drug-likeness (QED) is 0.629. The van der Waals surface area contributed by atoms with Crippen molar-refractivity contribution in [2.24, 2.45) is 0 Å². The fourth-order valence-electron chi connectivity index (χ4n) is 2.30. The lowest BCUT2D eigenvalue weighted by atomic mass is 10.1. The number of aromatic hydroxyl groups is 1. The standard InChI is InChI=1S/C19H15NO/c1-13-11-15(12-14(2)19(13)21)7-9-17-10-8-16-5-3-4-6-18(16)20-17/h3-6,8,10-12,21H,1-2H3. The number of hydrogen-bond donors (Lipinski definition) is 1. The molecule has 102 valence electrons. The zero-order chi connectivity index (χ0) is 14.8. The van der Waals surface area contributed by atoms with Crippen LogP contribution in [0.4, 0.5) is 0 Å². The molecule has 0 unspecified atom stereocenters. The predicted octanol–water partition coefficient (Wildman–Crippen LogP) is 3.96. The van der Waals surface area contributed by atoms with Gasteiger partial charge in [0.1, 0.15) is 11.4 Å². The molecule has 21 heavy (non-hydrogen) atoms. The molecular formula is C19H15NO. The van der Waals surface area contributed by atoms with Gasteiger partial charge < -0.3 is 5.11 Å². The van der Waals surface area contributed by atoms with Gasteiger partial charge in [0.25, 0.3) is 0 Å². The Kier molecular flexibility index (Phi) is 3.33. The van der Waals surface area contributed by atoms with Crippen molar-refractivity contribution in [3.63, 3.8) is 0 Å². The molecule has 0 aliphatic carbocycles. The number of benzene rings is 2. The van der Waals surface area contributed by atoms with Gasteiger partial charge >= 0.3 is 0 Å². The van der Waals surface area contributed by atoms with Crippen LogP contribution in [0, 0.1) is 25.7 Å². The number of hydrogen-bond acceptors (Lipinski definition) is 2. The molecule has 2 heteroatoms. The number of phenolic OH excluding ortho intramolecular Hbond substituents is 1. The number of rotatable bonds is 0. The van der Waals surface area contributed by atoms with Crippen LogP contribution in [-0.2, 0) is 0 Å². The van der Waals surface area contributed by atoms with Crippen molar-refractivity contribution >= 4 is 10.9 Å². The van der Waals surface area contributed by atoms with E-state index in [1.807, 2.05) is 62.4 Å². The predicted molar refractivity (Wildman–Crippen MR) is 85.3 cm³/mol. The van der Waals surface area contributed by atoms with Crippen LogP contribution in [0.25, 0.3) is 10.9 Å². The second-order valence-corrected chi connectivity index (χ2v) is 5.10. The highest BCUT2D eigenvalue weighted by atomic mass is 16.3. The van der Waals surface area contributed by atoms with Gasteiger partial charge in [-0.15, -0.1) is 0 Å². The molecule has 0 atom stereocenters. The summed E-state index contributed by atoms with van der Waals surface area (Å²) in [4.78, 5) is 4.53. The number of fused-ring (bicyclic) bond motifs is 1. The molecule has 0 spiro atoms. The Morgan fingerprint density at radius 1 is 0.905 bits per heavy atom. The van der Waals surface area contributed by atoms with Crippen LogP contribution in [0.3, 0.4) is 0 Å². The van der Waals surface area contributed by atoms with E-state index in [0.29, 0.717) is 5.75 Å². The van der Waals surface area contributed by atoms with E-state index < -0.39 is 0 Å². The van der Waals surface area contributed by atoms with Crippen molar-refractivity contribution in [2.75, 3.05) is 0 Å². The van der Waals surface area contributed by atoms with E-state index >= 15 is 0 Å². The Morgan fingerprint density at radius 2 is 1.62 bits per heavy atom. The molecule has 2 aromatic carbocycles. The number of pyridine rings is 1. The maximum Gasteiger partial charge on any atom is 0.121 e. The monoisotopic (exact) mass is 273 g/mol. The molecule has 0 aliphatic rings. The van der Waals surface area contributed by atoms with Gasteiger partial charge in [-0.25, -0.2) is 4.98 Å². The molecule has 2 nitrogen and oxygen atoms in total. The number of aryl methyl sites for hydroxylation is 2. The van der Waals surface area contributed by atoms with Gasteiger partial charge in [0.05, 0.1) is 5.52 Å². The van der Waals surface area contributed by atoms with Crippen molar-refractivity contribution in [1.82, 2.24) is 4.98 Å². The normalized spacial score (nSPS) is 10.2. The summed E-state index contributed by atoms with van der Waals surface area (Å²) in [5, 5.41) is 10.9. The highest BCUT2D eigenvalue weighted by Crippen LogP contribution is 2.22. The average Bonchev–Trinajstić information content (AvgIpc) is 2.50. The van der Waals surface area contributed by atoms with E-state index in [4.69, 9.17) is 0 Å². The lowest BCUT2D eigenvalue weighted by molar-refractivity contribution is 0.467. The fraction of sp³-hybridized carbons (Fsp3) is 0.105. The van der Waals surface area contributed by atoms with Gasteiger partial charge in [0.15, 0.2) is 0 Å². The number of nitrogens with zero attached hydrogens (tertiary/aromatic N) is 1. The molecular weight excluding hydrogens is 258 g/mol. The van der Waals surface area contributed by atoms with Gasteiger partial charge in [0, 0.05) is 10.9 Å². The first-order valence-electron chi connectivity index (χ1n) is 6.81. The Morgan fingerprint density at radius 3 is 2.38 bits per heavy atom. The van der Waals surface area contributed by atoms with E-state index in [0.717, 1.165) is 33.3 Å². The van der Waals surface area contributed by atoms with Gasteiger partial charge in [0.2, 0.25) is 0 Å². The van der Waals surface area contributed by atoms with Crippen molar-refractivity contribution in [3.8, 4) is 17.6 Å². The summed E-state index contributed by atoms with van der Waals surface area (Å²) in [6.07, 6.45) is 0. The summed E-state index contributed by atoms with van der Waals surface area (Å²) in [6, 6.07) is 15.7. The molecule has 0 fully saturated rings. The van der Waals surface area contributed by atoms with Gasteiger partial charge in [-0.1, -0.05) is 30.2 Å². The van der Waals surface area contributed by atoms with E-state index in [-0.39, 0.29) is 0 Å². The highest BCUT2D eigenvalue weighted by molar-refractivity contribution is 5.78. The van der Waals surface area contributed by atoms with Crippen LogP contribution in [0.2, 0.25) is 0 Å². The molecule has 0 aliphatic heterocycles. The van der Waals surface area contributed by atoms with E-state index in [2.05, 4.69) is 16.8 Å².